The molecule has 0 radical (unpaired) electrons. The zero-order chi connectivity index (χ0) is 15.9. The van der Waals surface area contributed by atoms with Crippen LogP contribution < -0.4 is 10.6 Å². The van der Waals surface area contributed by atoms with Gasteiger partial charge in [-0.3, -0.25) is 4.68 Å². The number of carbonyl (C=O) groups is 1. The first-order chi connectivity index (χ1) is 10.6. The number of aryl methyl sites for hydroxylation is 2. The van der Waals surface area contributed by atoms with Crippen molar-refractivity contribution in [2.45, 2.75) is 25.9 Å². The molecule has 118 valence electrons. The van der Waals surface area contributed by atoms with Crippen molar-refractivity contribution in [1.82, 2.24) is 20.4 Å². The Hall–Kier alpha value is -2.34. The molecule has 0 spiro atoms. The van der Waals surface area contributed by atoms with Gasteiger partial charge in [0.2, 0.25) is 0 Å². The molecule has 1 heterocycles. The summed E-state index contributed by atoms with van der Waals surface area (Å²) in [5.74, 6) is 0. The summed E-state index contributed by atoms with van der Waals surface area (Å²) in [5, 5.41) is 19.4. The molecule has 0 bridgehead atoms. The van der Waals surface area contributed by atoms with Gasteiger partial charge in [0.05, 0.1) is 18.3 Å². The van der Waals surface area contributed by atoms with Gasteiger partial charge in [-0.1, -0.05) is 37.3 Å². The minimum Gasteiger partial charge on any atom is -0.394 e. The van der Waals surface area contributed by atoms with Gasteiger partial charge in [-0.15, -0.1) is 0 Å². The van der Waals surface area contributed by atoms with Crippen molar-refractivity contribution in [2.75, 3.05) is 6.61 Å². The van der Waals surface area contributed by atoms with Crippen LogP contribution in [-0.2, 0) is 20.0 Å². The third-order valence-corrected chi connectivity index (χ3v) is 3.46. The molecular formula is C16H22N4O2. The lowest BCUT2D eigenvalue weighted by Crippen LogP contribution is -2.38. The van der Waals surface area contributed by atoms with Crippen molar-refractivity contribution < 1.29 is 9.90 Å². The van der Waals surface area contributed by atoms with Crippen LogP contribution >= 0.6 is 0 Å². The minimum absolute atomic E-state index is 0.148. The fourth-order valence-corrected chi connectivity index (χ4v) is 2.33. The molecule has 0 aliphatic heterocycles. The molecule has 2 amide bonds. The molecule has 1 aromatic carbocycles. The van der Waals surface area contributed by atoms with Gasteiger partial charge in [0.15, 0.2) is 0 Å². The van der Waals surface area contributed by atoms with Gasteiger partial charge in [0.1, 0.15) is 0 Å². The first-order valence-corrected chi connectivity index (χ1v) is 7.35. The zero-order valence-electron chi connectivity index (χ0n) is 12.9. The maximum absolute atomic E-state index is 12.0. The van der Waals surface area contributed by atoms with Crippen LogP contribution in [0.25, 0.3) is 0 Å². The predicted molar refractivity (Wildman–Crippen MR) is 84.2 cm³/mol. The van der Waals surface area contributed by atoms with Gasteiger partial charge in [0, 0.05) is 25.4 Å². The summed E-state index contributed by atoms with van der Waals surface area (Å²) in [7, 11) is 1.86. The molecule has 6 nitrogen and oxygen atoms in total. The van der Waals surface area contributed by atoms with Crippen LogP contribution in [-0.4, -0.2) is 27.5 Å². The van der Waals surface area contributed by atoms with Gasteiger partial charge in [-0.25, -0.2) is 4.79 Å². The number of urea groups is 1. The topological polar surface area (TPSA) is 79.2 Å². The number of aromatic nitrogens is 2. The highest BCUT2D eigenvalue weighted by Crippen LogP contribution is 2.11. The van der Waals surface area contributed by atoms with Crippen molar-refractivity contribution >= 4 is 6.03 Å². The first-order valence-electron chi connectivity index (χ1n) is 7.35. The fourth-order valence-electron chi connectivity index (χ4n) is 2.33. The summed E-state index contributed by atoms with van der Waals surface area (Å²) in [6, 6.07) is 8.66. The Morgan fingerprint density at radius 3 is 2.73 bits per heavy atom. The molecule has 2 rings (SSSR count). The predicted octanol–water partition coefficient (Wildman–Crippen LogP) is 1.52. The maximum Gasteiger partial charge on any atom is 0.315 e. The maximum atomic E-state index is 12.0. The molecular weight excluding hydrogens is 280 g/mol. The van der Waals surface area contributed by atoms with E-state index in [4.69, 9.17) is 0 Å². The average Bonchev–Trinajstić information content (AvgIpc) is 2.91. The largest absolute Gasteiger partial charge is 0.394 e. The van der Waals surface area contributed by atoms with Crippen molar-refractivity contribution in [1.29, 1.82) is 0 Å². The molecule has 3 N–H and O–H groups in total. The van der Waals surface area contributed by atoms with Crippen LogP contribution in [0.1, 0.15) is 29.8 Å². The highest BCUT2D eigenvalue weighted by Gasteiger charge is 2.14. The molecule has 0 fully saturated rings. The summed E-state index contributed by atoms with van der Waals surface area (Å²) in [6.45, 7) is 2.30. The summed E-state index contributed by atoms with van der Waals surface area (Å²) in [6.07, 6.45) is 2.72. The Kier molecular flexibility index (Phi) is 5.55. The lowest BCUT2D eigenvalue weighted by Gasteiger charge is -2.17. The van der Waals surface area contributed by atoms with Crippen LogP contribution in [0.5, 0.6) is 0 Å². The average molecular weight is 302 g/mol. The Bertz CT molecular complexity index is 610. The zero-order valence-corrected chi connectivity index (χ0v) is 12.9. The van der Waals surface area contributed by atoms with Crippen LogP contribution in [0, 0.1) is 0 Å². The normalized spacial score (nSPS) is 12.0. The molecule has 0 aliphatic rings. The molecule has 1 atom stereocenters. The van der Waals surface area contributed by atoms with Gasteiger partial charge >= 0.3 is 6.03 Å². The number of amides is 2. The number of nitrogens with one attached hydrogen (secondary N) is 2. The standard InChI is InChI=1S/C16H22N4O2/c1-3-14-13(10-20(2)19-14)9-17-16(22)18-15(11-21)12-7-5-4-6-8-12/h4-8,10,15,21H,3,9,11H2,1-2H3,(H2,17,18,22)/t15-/m1/s1. The highest BCUT2D eigenvalue weighted by molar-refractivity contribution is 5.74. The van der Waals surface area contributed by atoms with Crippen LogP contribution in [0.3, 0.4) is 0 Å². The fraction of sp³-hybridized carbons (Fsp3) is 0.375. The molecule has 2 aromatic rings. The summed E-state index contributed by atoms with van der Waals surface area (Å²) in [5.41, 5.74) is 2.85. The van der Waals surface area contributed by atoms with E-state index >= 15 is 0 Å². The molecule has 22 heavy (non-hydrogen) atoms. The molecule has 0 saturated carbocycles. The monoisotopic (exact) mass is 302 g/mol. The second-order valence-electron chi connectivity index (χ2n) is 5.10. The SMILES string of the molecule is CCc1nn(C)cc1CNC(=O)N[C@H](CO)c1ccccc1. The van der Waals surface area contributed by atoms with Crippen molar-refractivity contribution in [3.63, 3.8) is 0 Å². The molecule has 0 unspecified atom stereocenters. The van der Waals surface area contributed by atoms with E-state index in [9.17, 15) is 9.90 Å². The quantitative estimate of drug-likeness (QED) is 0.757. The van der Waals surface area contributed by atoms with Crippen LogP contribution in [0.15, 0.2) is 36.5 Å². The van der Waals surface area contributed by atoms with E-state index in [1.54, 1.807) is 4.68 Å². The third kappa shape index (κ3) is 4.08. The third-order valence-electron chi connectivity index (χ3n) is 3.46. The second-order valence-corrected chi connectivity index (χ2v) is 5.10. The first kappa shape index (κ1) is 16.0. The van der Waals surface area contributed by atoms with Crippen molar-refractivity contribution in [2.24, 2.45) is 7.05 Å². The van der Waals surface area contributed by atoms with Gasteiger partial charge in [-0.05, 0) is 12.0 Å². The lowest BCUT2D eigenvalue weighted by atomic mass is 10.1. The molecule has 0 aliphatic carbocycles. The van der Waals surface area contributed by atoms with Crippen LogP contribution in [0.4, 0.5) is 4.79 Å². The smallest absolute Gasteiger partial charge is 0.315 e. The number of nitrogens with zero attached hydrogens (tertiary/aromatic N) is 2. The van der Waals surface area contributed by atoms with Gasteiger partial charge in [-0.2, -0.15) is 5.10 Å². The molecule has 0 saturated heterocycles. The van der Waals surface area contributed by atoms with E-state index in [0.29, 0.717) is 6.54 Å². The van der Waals surface area contributed by atoms with Crippen molar-refractivity contribution in [3.8, 4) is 0 Å². The summed E-state index contributed by atoms with van der Waals surface area (Å²) < 4.78 is 1.74. The summed E-state index contributed by atoms with van der Waals surface area (Å²) >= 11 is 0. The number of aliphatic hydroxyl groups excluding tert-OH is 1. The van der Waals surface area contributed by atoms with E-state index < -0.39 is 6.04 Å². The van der Waals surface area contributed by atoms with E-state index in [0.717, 1.165) is 23.2 Å². The van der Waals surface area contributed by atoms with E-state index in [1.807, 2.05) is 50.5 Å². The molecule has 1 aromatic heterocycles. The number of rotatable bonds is 6. The second kappa shape index (κ2) is 7.61. The van der Waals surface area contributed by atoms with Gasteiger partial charge in [0.25, 0.3) is 0 Å². The van der Waals surface area contributed by atoms with Crippen molar-refractivity contribution in [3.05, 3.63) is 53.3 Å². The number of hydrogen-bond donors (Lipinski definition) is 3. The summed E-state index contributed by atoms with van der Waals surface area (Å²) in [4.78, 5) is 12.0. The Morgan fingerprint density at radius 1 is 1.36 bits per heavy atom. The van der Waals surface area contributed by atoms with E-state index in [1.165, 1.54) is 0 Å². The Balaban J connectivity index is 1.92. The van der Waals surface area contributed by atoms with Gasteiger partial charge < -0.3 is 15.7 Å². The number of hydrogen-bond acceptors (Lipinski definition) is 3. The minimum atomic E-state index is -0.416. The Morgan fingerprint density at radius 2 is 2.09 bits per heavy atom. The van der Waals surface area contributed by atoms with E-state index in [-0.39, 0.29) is 12.6 Å². The highest BCUT2D eigenvalue weighted by atomic mass is 16.3. The Labute approximate surface area is 130 Å². The number of benzene rings is 1. The number of carbonyl (C=O) groups excluding carboxylic acids is 1. The van der Waals surface area contributed by atoms with E-state index in [2.05, 4.69) is 15.7 Å². The number of aliphatic hydroxyl groups is 1. The van der Waals surface area contributed by atoms with Crippen LogP contribution in [0.2, 0.25) is 0 Å². The molecule has 6 heteroatoms. The lowest BCUT2D eigenvalue weighted by molar-refractivity contribution is 0.216.